The maximum Gasteiger partial charge on any atom is 0.138 e. The Labute approximate surface area is 114 Å². The smallest absolute Gasteiger partial charge is 0.138 e. The van der Waals surface area contributed by atoms with Crippen molar-refractivity contribution in [1.29, 1.82) is 10.5 Å². The van der Waals surface area contributed by atoms with Crippen molar-refractivity contribution in [1.82, 2.24) is 0 Å². The van der Waals surface area contributed by atoms with Crippen LogP contribution in [0.4, 0.5) is 5.69 Å². The van der Waals surface area contributed by atoms with Gasteiger partial charge in [-0.2, -0.15) is 15.5 Å². The number of thiocarbonyl (C=S) groups is 1. The molecular weight excluding hydrogens is 270 g/mol. The van der Waals surface area contributed by atoms with Gasteiger partial charge in [0.2, 0.25) is 0 Å². The Bertz CT molecular complexity index is 575. The van der Waals surface area contributed by atoms with E-state index < -0.39 is 0 Å². The van der Waals surface area contributed by atoms with Gasteiger partial charge in [0.1, 0.15) is 10.8 Å². The highest BCUT2D eigenvalue weighted by Gasteiger charge is 2.14. The van der Waals surface area contributed by atoms with Crippen molar-refractivity contribution in [3.05, 3.63) is 17.2 Å². The molecule has 0 bridgehead atoms. The molecule has 17 heavy (non-hydrogen) atoms. The fraction of sp³-hybridized carbons (Fsp3) is 0.182. The number of nitrogens with zero attached hydrogens (tertiary/aromatic N) is 3. The molecule has 0 spiro atoms. The van der Waals surface area contributed by atoms with Crippen LogP contribution in [0.25, 0.3) is 0 Å². The van der Waals surface area contributed by atoms with Gasteiger partial charge in [-0.3, -0.25) is 0 Å². The standard InChI is InChI=1S/C11H7N3S3/c1-7-3-9(16-4-12)11(17-5-13)10(8(7)2)14-6-15/h3H,1-2H3. The van der Waals surface area contributed by atoms with Gasteiger partial charge in [-0.25, -0.2) is 0 Å². The van der Waals surface area contributed by atoms with E-state index in [2.05, 4.69) is 22.4 Å². The largest absolute Gasteiger partial charge is 0.193 e. The number of benzene rings is 1. The van der Waals surface area contributed by atoms with E-state index in [1.165, 1.54) is 0 Å². The molecule has 0 unspecified atom stereocenters. The van der Waals surface area contributed by atoms with Crippen molar-refractivity contribution >= 4 is 46.6 Å². The zero-order chi connectivity index (χ0) is 12.8. The maximum absolute atomic E-state index is 8.80. The third kappa shape index (κ3) is 3.09. The Hall–Kier alpha value is -1.30. The highest BCUT2D eigenvalue weighted by molar-refractivity contribution is 8.06. The molecule has 0 aromatic heterocycles. The average molecular weight is 277 g/mol. The number of thiocyanates is 2. The van der Waals surface area contributed by atoms with Gasteiger partial charge >= 0.3 is 0 Å². The van der Waals surface area contributed by atoms with Crippen LogP contribution in [0.3, 0.4) is 0 Å². The van der Waals surface area contributed by atoms with E-state index in [0.29, 0.717) is 10.6 Å². The Kier molecular flexibility index (Phi) is 5.21. The maximum atomic E-state index is 8.80. The van der Waals surface area contributed by atoms with Gasteiger partial charge in [0.25, 0.3) is 0 Å². The van der Waals surface area contributed by atoms with Crippen molar-refractivity contribution < 1.29 is 0 Å². The second kappa shape index (κ2) is 6.44. The van der Waals surface area contributed by atoms with Crippen LogP contribution in [0.2, 0.25) is 0 Å². The van der Waals surface area contributed by atoms with Gasteiger partial charge < -0.3 is 0 Å². The van der Waals surface area contributed by atoms with Crippen LogP contribution in [0.5, 0.6) is 0 Å². The summed E-state index contributed by atoms with van der Waals surface area (Å²) in [4.78, 5) is 5.39. The fourth-order valence-corrected chi connectivity index (χ4v) is 2.70. The van der Waals surface area contributed by atoms with E-state index in [-0.39, 0.29) is 0 Å². The lowest BCUT2D eigenvalue weighted by Gasteiger charge is -2.10. The summed E-state index contributed by atoms with van der Waals surface area (Å²) in [6, 6.07) is 1.88. The van der Waals surface area contributed by atoms with E-state index >= 15 is 0 Å². The average Bonchev–Trinajstić information content (AvgIpc) is 2.30. The molecule has 6 heteroatoms. The van der Waals surface area contributed by atoms with Crippen LogP contribution in [0.15, 0.2) is 20.8 Å². The second-order valence-electron chi connectivity index (χ2n) is 3.08. The quantitative estimate of drug-likeness (QED) is 0.359. The van der Waals surface area contributed by atoms with Crippen molar-refractivity contribution in [2.24, 2.45) is 4.99 Å². The number of aryl methyl sites for hydroxylation is 1. The van der Waals surface area contributed by atoms with Crippen molar-refractivity contribution in [2.45, 2.75) is 23.6 Å². The normalized spacial score (nSPS) is 8.94. The van der Waals surface area contributed by atoms with Crippen LogP contribution in [0.1, 0.15) is 11.1 Å². The number of hydrogen-bond donors (Lipinski definition) is 0. The zero-order valence-electron chi connectivity index (χ0n) is 9.14. The molecule has 0 saturated heterocycles. The molecule has 0 fully saturated rings. The molecule has 1 aromatic rings. The molecule has 84 valence electrons. The molecule has 0 aliphatic carbocycles. The third-order valence-electron chi connectivity index (χ3n) is 2.19. The number of thioether (sulfide) groups is 2. The molecule has 1 aromatic carbocycles. The summed E-state index contributed by atoms with van der Waals surface area (Å²) in [7, 11) is 0. The van der Waals surface area contributed by atoms with Gasteiger partial charge in [0, 0.05) is 4.90 Å². The highest BCUT2D eigenvalue weighted by atomic mass is 32.2. The van der Waals surface area contributed by atoms with Crippen molar-refractivity contribution in [3.63, 3.8) is 0 Å². The van der Waals surface area contributed by atoms with E-state index in [9.17, 15) is 0 Å². The lowest BCUT2D eigenvalue weighted by molar-refractivity contribution is 1.16. The summed E-state index contributed by atoms with van der Waals surface area (Å²) in [6.07, 6.45) is 0. The summed E-state index contributed by atoms with van der Waals surface area (Å²) < 4.78 is 0. The van der Waals surface area contributed by atoms with Crippen LogP contribution >= 0.6 is 35.7 Å². The van der Waals surface area contributed by atoms with Crippen LogP contribution in [-0.4, -0.2) is 5.16 Å². The minimum Gasteiger partial charge on any atom is -0.193 e. The number of aliphatic imine (C=N–C) groups is 1. The summed E-state index contributed by atoms with van der Waals surface area (Å²) in [6.45, 7) is 3.84. The number of nitriles is 2. The predicted molar refractivity (Wildman–Crippen MR) is 73.5 cm³/mol. The van der Waals surface area contributed by atoms with Gasteiger partial charge in [-0.15, -0.1) is 0 Å². The summed E-state index contributed by atoms with van der Waals surface area (Å²) in [5.41, 5.74) is 2.58. The SMILES string of the molecule is Cc1cc(SC#N)c(SC#N)c(N=C=S)c1C. The number of hydrogen-bond acceptors (Lipinski definition) is 6. The van der Waals surface area contributed by atoms with Gasteiger partial charge in [0.05, 0.1) is 15.7 Å². The van der Waals surface area contributed by atoms with Crippen molar-refractivity contribution in [3.8, 4) is 10.8 Å². The Morgan fingerprint density at radius 3 is 2.41 bits per heavy atom. The molecule has 0 atom stereocenters. The molecule has 0 N–H and O–H groups in total. The first kappa shape index (κ1) is 13.8. The highest BCUT2D eigenvalue weighted by Crippen LogP contribution is 2.41. The lowest BCUT2D eigenvalue weighted by Crippen LogP contribution is -1.88. The minimum atomic E-state index is 0.629. The number of isothiocyanates is 1. The topological polar surface area (TPSA) is 59.9 Å². The molecule has 0 radical (unpaired) electrons. The fourth-order valence-electron chi connectivity index (χ4n) is 1.29. The van der Waals surface area contributed by atoms with Gasteiger partial charge in [-0.05, 0) is 66.8 Å². The lowest BCUT2D eigenvalue weighted by atomic mass is 10.1. The van der Waals surface area contributed by atoms with Crippen LogP contribution < -0.4 is 0 Å². The summed E-state index contributed by atoms with van der Waals surface area (Å²) >= 11 is 6.61. The minimum absolute atomic E-state index is 0.629. The Balaban J connectivity index is 3.58. The molecule has 0 aliphatic rings. The molecule has 0 aliphatic heterocycles. The summed E-state index contributed by atoms with van der Waals surface area (Å²) in [5.74, 6) is 0. The first-order valence-electron chi connectivity index (χ1n) is 4.49. The Morgan fingerprint density at radius 2 is 1.88 bits per heavy atom. The van der Waals surface area contributed by atoms with Crippen LogP contribution in [-0.2, 0) is 0 Å². The molecule has 3 nitrogen and oxygen atoms in total. The van der Waals surface area contributed by atoms with E-state index in [1.54, 1.807) is 0 Å². The Morgan fingerprint density at radius 1 is 1.24 bits per heavy atom. The second-order valence-corrected chi connectivity index (χ2v) is 4.89. The molecule has 0 heterocycles. The van der Waals surface area contributed by atoms with E-state index in [0.717, 1.165) is 39.5 Å². The first-order valence-corrected chi connectivity index (χ1v) is 6.53. The zero-order valence-corrected chi connectivity index (χ0v) is 11.6. The molecule has 0 amide bonds. The number of rotatable bonds is 3. The van der Waals surface area contributed by atoms with E-state index in [1.807, 2.05) is 30.7 Å². The van der Waals surface area contributed by atoms with E-state index in [4.69, 9.17) is 10.5 Å². The van der Waals surface area contributed by atoms with Crippen molar-refractivity contribution in [2.75, 3.05) is 0 Å². The molecule has 1 rings (SSSR count). The predicted octanol–water partition coefficient (Wildman–Crippen LogP) is 4.18. The summed E-state index contributed by atoms with van der Waals surface area (Å²) in [5, 5.41) is 23.9. The monoisotopic (exact) mass is 277 g/mol. The van der Waals surface area contributed by atoms with Gasteiger partial charge in [-0.1, -0.05) is 0 Å². The molecule has 0 saturated carbocycles. The third-order valence-corrected chi connectivity index (χ3v) is 3.76. The van der Waals surface area contributed by atoms with Crippen LogP contribution in [0, 0.1) is 35.2 Å². The van der Waals surface area contributed by atoms with Gasteiger partial charge in [0.15, 0.2) is 0 Å². The first-order chi connectivity index (χ1) is 8.15. The molecular formula is C11H7N3S3.